The molecule has 23 heavy (non-hydrogen) atoms. The smallest absolute Gasteiger partial charge is 0.240 e. The molecule has 1 aliphatic rings. The predicted octanol–water partition coefficient (Wildman–Crippen LogP) is 1.82. The minimum atomic E-state index is -3.52. The molecular weight excluding hydrogens is 314 g/mol. The van der Waals surface area contributed by atoms with Crippen LogP contribution >= 0.6 is 0 Å². The Labute approximate surface area is 136 Å². The lowest BCUT2D eigenvalue weighted by atomic mass is 9.98. The lowest BCUT2D eigenvalue weighted by Gasteiger charge is -2.23. The Morgan fingerprint density at radius 3 is 3.13 bits per heavy atom. The van der Waals surface area contributed by atoms with Crippen molar-refractivity contribution in [3.63, 3.8) is 0 Å². The average molecular weight is 335 g/mol. The molecule has 2 heterocycles. The molecule has 7 heteroatoms. The Morgan fingerprint density at radius 1 is 1.43 bits per heavy atom. The second-order valence-corrected chi connectivity index (χ2v) is 7.42. The van der Waals surface area contributed by atoms with Crippen molar-refractivity contribution in [3.05, 3.63) is 42.5 Å². The van der Waals surface area contributed by atoms with E-state index in [2.05, 4.69) is 14.3 Å². The topological polar surface area (TPSA) is 73.2 Å². The largest absolute Gasteiger partial charge is 0.494 e. The summed E-state index contributed by atoms with van der Waals surface area (Å²) in [5.41, 5.74) is 0. The summed E-state index contributed by atoms with van der Waals surface area (Å²) in [6.07, 6.45) is 5.51. The Morgan fingerprint density at radius 2 is 2.30 bits per heavy atom. The van der Waals surface area contributed by atoms with Crippen LogP contribution in [0.5, 0.6) is 5.75 Å². The molecule has 124 valence electrons. The first kappa shape index (κ1) is 16.0. The van der Waals surface area contributed by atoms with Crippen molar-refractivity contribution in [3.8, 4) is 5.75 Å². The van der Waals surface area contributed by atoms with Gasteiger partial charge in [0.25, 0.3) is 0 Å². The van der Waals surface area contributed by atoms with Gasteiger partial charge in [-0.05, 0) is 31.4 Å². The highest BCUT2D eigenvalue weighted by Gasteiger charge is 2.22. The van der Waals surface area contributed by atoms with Crippen molar-refractivity contribution in [2.45, 2.75) is 31.2 Å². The molecule has 0 saturated carbocycles. The molecule has 0 amide bonds. The van der Waals surface area contributed by atoms with Gasteiger partial charge in [0, 0.05) is 38.0 Å². The molecule has 1 atom stereocenters. The van der Waals surface area contributed by atoms with E-state index >= 15 is 0 Å². The maximum atomic E-state index is 12.4. The van der Waals surface area contributed by atoms with Gasteiger partial charge in [0.15, 0.2) is 0 Å². The molecule has 1 aromatic carbocycles. The van der Waals surface area contributed by atoms with Crippen LogP contribution in [0.1, 0.15) is 19.2 Å². The number of imidazole rings is 1. The van der Waals surface area contributed by atoms with Crippen molar-refractivity contribution < 1.29 is 13.2 Å². The minimum absolute atomic E-state index is 0.237. The quantitative estimate of drug-likeness (QED) is 0.874. The van der Waals surface area contributed by atoms with E-state index in [1.807, 2.05) is 13.1 Å². The molecule has 1 unspecified atom stereocenters. The fourth-order valence-electron chi connectivity index (χ4n) is 2.80. The van der Waals surface area contributed by atoms with Gasteiger partial charge in [0.2, 0.25) is 10.0 Å². The molecule has 1 aliphatic heterocycles. The number of rotatable bonds is 6. The third-order valence-electron chi connectivity index (χ3n) is 4.04. The molecule has 3 rings (SSSR count). The van der Waals surface area contributed by atoms with E-state index < -0.39 is 10.0 Å². The van der Waals surface area contributed by atoms with Crippen molar-refractivity contribution >= 4 is 10.0 Å². The van der Waals surface area contributed by atoms with Gasteiger partial charge in [-0.15, -0.1) is 0 Å². The van der Waals surface area contributed by atoms with E-state index in [1.165, 1.54) is 0 Å². The Balaban J connectivity index is 1.64. The molecule has 0 aliphatic carbocycles. The summed E-state index contributed by atoms with van der Waals surface area (Å²) in [5.74, 6) is 1.86. The first-order valence-electron chi connectivity index (χ1n) is 7.81. The first-order valence-corrected chi connectivity index (χ1v) is 9.29. The van der Waals surface area contributed by atoms with Crippen LogP contribution in [0.4, 0.5) is 0 Å². The van der Waals surface area contributed by atoms with Crippen molar-refractivity contribution in [1.82, 2.24) is 14.3 Å². The molecular formula is C16H21N3O3S. The number of benzene rings is 1. The molecule has 2 aromatic rings. The first-order chi connectivity index (χ1) is 11.1. The van der Waals surface area contributed by atoms with Crippen LogP contribution in [0.25, 0.3) is 0 Å². The summed E-state index contributed by atoms with van der Waals surface area (Å²) in [4.78, 5) is 4.55. The lowest BCUT2D eigenvalue weighted by Crippen LogP contribution is -2.33. The zero-order valence-corrected chi connectivity index (χ0v) is 13.9. The van der Waals surface area contributed by atoms with E-state index in [4.69, 9.17) is 4.74 Å². The van der Waals surface area contributed by atoms with Crippen LogP contribution in [-0.4, -0.2) is 31.1 Å². The van der Waals surface area contributed by atoms with Gasteiger partial charge in [0.05, 0.1) is 11.5 Å². The van der Waals surface area contributed by atoms with Gasteiger partial charge < -0.3 is 9.30 Å². The van der Waals surface area contributed by atoms with Gasteiger partial charge in [-0.25, -0.2) is 18.1 Å². The second-order valence-electron chi connectivity index (χ2n) is 5.66. The van der Waals surface area contributed by atoms with E-state index in [0.29, 0.717) is 18.9 Å². The number of nitrogens with zero attached hydrogens (tertiary/aromatic N) is 2. The Hall–Kier alpha value is -1.86. The lowest BCUT2D eigenvalue weighted by molar-refractivity contribution is 0.339. The van der Waals surface area contributed by atoms with Crippen LogP contribution in [-0.2, 0) is 23.0 Å². The number of ether oxygens (including phenoxy) is 1. The number of hydrogen-bond donors (Lipinski definition) is 1. The molecule has 1 N–H and O–H groups in total. The fraction of sp³-hybridized carbons (Fsp3) is 0.438. The number of aromatic nitrogens is 2. The third-order valence-corrected chi connectivity index (χ3v) is 5.46. The van der Waals surface area contributed by atoms with E-state index in [1.54, 1.807) is 30.5 Å². The summed E-state index contributed by atoms with van der Waals surface area (Å²) in [5, 5.41) is 0. The standard InChI is InChI=1S/C16H21N3O3S/c1-2-22-14-4-3-5-15(11-14)23(20,21)18-12-13-6-8-19-9-7-17-16(19)10-13/h3-5,7,9,11,13,18H,2,6,8,10,12H2,1H3. The third kappa shape index (κ3) is 3.73. The highest BCUT2D eigenvalue weighted by Crippen LogP contribution is 2.20. The summed E-state index contributed by atoms with van der Waals surface area (Å²) in [7, 11) is -3.52. The van der Waals surface area contributed by atoms with Crippen molar-refractivity contribution in [2.75, 3.05) is 13.2 Å². The molecule has 0 radical (unpaired) electrons. The number of fused-ring (bicyclic) bond motifs is 1. The zero-order chi connectivity index (χ0) is 16.3. The van der Waals surface area contributed by atoms with Gasteiger partial charge in [-0.2, -0.15) is 0 Å². The average Bonchev–Trinajstić information content (AvgIpc) is 3.01. The molecule has 0 spiro atoms. The Bertz CT molecular complexity index is 770. The van der Waals surface area contributed by atoms with Crippen molar-refractivity contribution in [2.24, 2.45) is 5.92 Å². The van der Waals surface area contributed by atoms with Crippen LogP contribution in [0.15, 0.2) is 41.6 Å². The van der Waals surface area contributed by atoms with Gasteiger partial charge in [0.1, 0.15) is 11.6 Å². The highest BCUT2D eigenvalue weighted by atomic mass is 32.2. The monoisotopic (exact) mass is 335 g/mol. The van der Waals surface area contributed by atoms with Gasteiger partial charge in [-0.1, -0.05) is 6.07 Å². The summed E-state index contributed by atoms with van der Waals surface area (Å²) < 4.78 is 35.1. The van der Waals surface area contributed by atoms with E-state index in [9.17, 15) is 8.42 Å². The molecule has 6 nitrogen and oxygen atoms in total. The SMILES string of the molecule is CCOc1cccc(S(=O)(=O)NCC2CCn3ccnc3C2)c1. The fourth-order valence-corrected chi connectivity index (χ4v) is 3.95. The number of nitrogens with one attached hydrogen (secondary N) is 1. The zero-order valence-electron chi connectivity index (χ0n) is 13.1. The van der Waals surface area contributed by atoms with E-state index in [-0.39, 0.29) is 10.8 Å². The number of hydrogen-bond acceptors (Lipinski definition) is 4. The van der Waals surface area contributed by atoms with E-state index in [0.717, 1.165) is 25.2 Å². The molecule has 0 fully saturated rings. The second kappa shape index (κ2) is 6.72. The van der Waals surface area contributed by atoms with Crippen LogP contribution < -0.4 is 9.46 Å². The normalized spacial score (nSPS) is 17.7. The maximum Gasteiger partial charge on any atom is 0.240 e. The van der Waals surface area contributed by atoms with Crippen LogP contribution in [0, 0.1) is 5.92 Å². The predicted molar refractivity (Wildman–Crippen MR) is 86.8 cm³/mol. The van der Waals surface area contributed by atoms with Gasteiger partial charge >= 0.3 is 0 Å². The summed E-state index contributed by atoms with van der Waals surface area (Å²) >= 11 is 0. The number of aryl methyl sites for hydroxylation is 1. The molecule has 1 aromatic heterocycles. The van der Waals surface area contributed by atoms with Gasteiger partial charge in [-0.3, -0.25) is 0 Å². The summed E-state index contributed by atoms with van der Waals surface area (Å²) in [6, 6.07) is 6.58. The maximum absolute atomic E-state index is 12.4. The van der Waals surface area contributed by atoms with Crippen LogP contribution in [0.2, 0.25) is 0 Å². The molecule has 0 bridgehead atoms. The Kier molecular flexibility index (Phi) is 4.68. The molecule has 0 saturated heterocycles. The highest BCUT2D eigenvalue weighted by molar-refractivity contribution is 7.89. The van der Waals surface area contributed by atoms with Crippen LogP contribution in [0.3, 0.4) is 0 Å². The summed E-state index contributed by atoms with van der Waals surface area (Å²) in [6.45, 7) is 3.69. The number of sulfonamides is 1. The minimum Gasteiger partial charge on any atom is -0.494 e. The van der Waals surface area contributed by atoms with Crippen molar-refractivity contribution in [1.29, 1.82) is 0 Å².